The lowest BCUT2D eigenvalue weighted by Gasteiger charge is -2.51. The van der Waals surface area contributed by atoms with E-state index in [1.54, 1.807) is 0 Å². The van der Waals surface area contributed by atoms with Gasteiger partial charge in [0.15, 0.2) is 0 Å². The first-order valence-corrected chi connectivity index (χ1v) is 9.16. The minimum atomic E-state index is 0.482. The molecule has 0 aromatic carbocycles. The molecule has 0 amide bonds. The van der Waals surface area contributed by atoms with Gasteiger partial charge in [0.2, 0.25) is 0 Å². The van der Waals surface area contributed by atoms with Gasteiger partial charge in [-0.15, -0.1) is 0 Å². The zero-order chi connectivity index (χ0) is 14.0. The monoisotopic (exact) mass is 278 g/mol. The summed E-state index contributed by atoms with van der Waals surface area (Å²) in [5.74, 6) is 1.84. The highest BCUT2D eigenvalue weighted by atomic mass is 15.3. The third-order valence-electron chi connectivity index (χ3n) is 6.01. The number of piperazine rings is 1. The molecule has 0 bridgehead atoms. The molecule has 1 aliphatic heterocycles. The molecule has 3 rings (SSSR count). The maximum atomic E-state index is 3.99. The summed E-state index contributed by atoms with van der Waals surface area (Å²) in [5.41, 5.74) is 0.482. The molecule has 1 atom stereocenters. The highest BCUT2D eigenvalue weighted by Gasteiger charge is 2.40. The van der Waals surface area contributed by atoms with Gasteiger partial charge in [-0.05, 0) is 43.9 Å². The molecule has 3 fully saturated rings. The Bertz CT molecular complexity index is 303. The fraction of sp³-hybridized carbons (Fsp3) is 1.00. The maximum Gasteiger partial charge on any atom is 0.0309 e. The molecular weight excluding hydrogens is 244 g/mol. The molecule has 3 aliphatic rings. The van der Waals surface area contributed by atoms with Crippen molar-refractivity contribution in [1.29, 1.82) is 0 Å². The lowest BCUT2D eigenvalue weighted by atomic mass is 9.77. The largest absolute Gasteiger partial charge is 0.308 e. The SMILES string of the molecule is CC(C)CC1CNC2(CCCCC2)CN1CC1CCC1. The Morgan fingerprint density at radius 2 is 1.85 bits per heavy atom. The van der Waals surface area contributed by atoms with E-state index in [1.165, 1.54) is 77.4 Å². The van der Waals surface area contributed by atoms with Crippen molar-refractivity contribution in [2.24, 2.45) is 11.8 Å². The fourth-order valence-corrected chi connectivity index (χ4v) is 4.60. The van der Waals surface area contributed by atoms with Crippen LogP contribution in [0.4, 0.5) is 0 Å². The van der Waals surface area contributed by atoms with Crippen molar-refractivity contribution >= 4 is 0 Å². The van der Waals surface area contributed by atoms with Crippen LogP contribution in [0.15, 0.2) is 0 Å². The van der Waals surface area contributed by atoms with Crippen LogP contribution < -0.4 is 5.32 Å². The van der Waals surface area contributed by atoms with Gasteiger partial charge >= 0.3 is 0 Å². The second-order valence-corrected chi connectivity index (χ2v) is 8.23. The summed E-state index contributed by atoms with van der Waals surface area (Å²) in [5, 5.41) is 3.99. The van der Waals surface area contributed by atoms with Crippen LogP contribution in [0.5, 0.6) is 0 Å². The van der Waals surface area contributed by atoms with Gasteiger partial charge < -0.3 is 5.32 Å². The van der Waals surface area contributed by atoms with E-state index in [4.69, 9.17) is 0 Å². The Morgan fingerprint density at radius 3 is 2.45 bits per heavy atom. The minimum Gasteiger partial charge on any atom is -0.308 e. The number of nitrogens with one attached hydrogen (secondary N) is 1. The molecule has 2 saturated carbocycles. The molecule has 0 radical (unpaired) electrons. The lowest BCUT2D eigenvalue weighted by molar-refractivity contribution is 0.0263. The van der Waals surface area contributed by atoms with Gasteiger partial charge in [0, 0.05) is 31.2 Å². The molecule has 1 spiro atoms. The predicted molar refractivity (Wildman–Crippen MR) is 86.0 cm³/mol. The van der Waals surface area contributed by atoms with E-state index in [-0.39, 0.29) is 0 Å². The quantitative estimate of drug-likeness (QED) is 0.841. The van der Waals surface area contributed by atoms with Crippen molar-refractivity contribution in [3.05, 3.63) is 0 Å². The standard InChI is InChI=1S/C18H34N2/c1-15(2)11-17-12-19-18(9-4-3-5-10-18)14-20(17)13-16-7-6-8-16/h15-17,19H,3-14H2,1-2H3. The summed E-state index contributed by atoms with van der Waals surface area (Å²) in [7, 11) is 0. The van der Waals surface area contributed by atoms with E-state index < -0.39 is 0 Å². The van der Waals surface area contributed by atoms with E-state index in [9.17, 15) is 0 Å². The molecule has 116 valence electrons. The van der Waals surface area contributed by atoms with Gasteiger partial charge in [0.1, 0.15) is 0 Å². The lowest BCUT2D eigenvalue weighted by Crippen LogP contribution is -2.65. The Morgan fingerprint density at radius 1 is 1.10 bits per heavy atom. The van der Waals surface area contributed by atoms with Gasteiger partial charge in [-0.2, -0.15) is 0 Å². The van der Waals surface area contributed by atoms with E-state index in [2.05, 4.69) is 24.1 Å². The first-order chi connectivity index (χ1) is 9.67. The Kier molecular flexibility index (Phi) is 4.72. The van der Waals surface area contributed by atoms with Gasteiger partial charge in [-0.3, -0.25) is 4.90 Å². The molecule has 2 aliphatic carbocycles. The van der Waals surface area contributed by atoms with Crippen molar-refractivity contribution in [2.45, 2.75) is 83.2 Å². The summed E-state index contributed by atoms with van der Waals surface area (Å²) >= 11 is 0. The summed E-state index contributed by atoms with van der Waals surface area (Å²) in [6.45, 7) is 8.73. The maximum absolute atomic E-state index is 3.99. The number of nitrogens with zero attached hydrogens (tertiary/aromatic N) is 1. The van der Waals surface area contributed by atoms with Crippen molar-refractivity contribution in [3.8, 4) is 0 Å². The van der Waals surface area contributed by atoms with Crippen LogP contribution in [0.1, 0.15) is 71.6 Å². The minimum absolute atomic E-state index is 0.482. The third kappa shape index (κ3) is 3.39. The van der Waals surface area contributed by atoms with Gasteiger partial charge in [0.05, 0.1) is 0 Å². The molecule has 0 aromatic heterocycles. The zero-order valence-electron chi connectivity index (χ0n) is 13.7. The van der Waals surface area contributed by atoms with Crippen molar-refractivity contribution < 1.29 is 0 Å². The zero-order valence-corrected chi connectivity index (χ0v) is 13.7. The molecule has 1 heterocycles. The Labute approximate surface area is 125 Å². The van der Waals surface area contributed by atoms with Crippen molar-refractivity contribution in [3.63, 3.8) is 0 Å². The number of rotatable bonds is 4. The molecule has 1 unspecified atom stereocenters. The Hall–Kier alpha value is -0.0800. The normalized spacial score (nSPS) is 31.6. The fourth-order valence-electron chi connectivity index (χ4n) is 4.60. The van der Waals surface area contributed by atoms with Crippen molar-refractivity contribution in [2.75, 3.05) is 19.6 Å². The second kappa shape index (κ2) is 6.36. The van der Waals surface area contributed by atoms with E-state index in [0.29, 0.717) is 5.54 Å². The first kappa shape index (κ1) is 14.8. The van der Waals surface area contributed by atoms with E-state index >= 15 is 0 Å². The third-order valence-corrected chi connectivity index (χ3v) is 6.01. The number of hydrogen-bond acceptors (Lipinski definition) is 2. The van der Waals surface area contributed by atoms with E-state index in [1.807, 2.05) is 0 Å². The summed E-state index contributed by atoms with van der Waals surface area (Å²) < 4.78 is 0. The van der Waals surface area contributed by atoms with Crippen LogP contribution in [-0.2, 0) is 0 Å². The van der Waals surface area contributed by atoms with Gasteiger partial charge in [-0.1, -0.05) is 39.5 Å². The molecule has 0 aromatic rings. The molecular formula is C18H34N2. The first-order valence-electron chi connectivity index (χ1n) is 9.16. The topological polar surface area (TPSA) is 15.3 Å². The van der Waals surface area contributed by atoms with Gasteiger partial charge in [-0.25, -0.2) is 0 Å². The van der Waals surface area contributed by atoms with Crippen LogP contribution in [0, 0.1) is 11.8 Å². The molecule has 2 nitrogen and oxygen atoms in total. The molecule has 20 heavy (non-hydrogen) atoms. The number of hydrogen-bond donors (Lipinski definition) is 1. The summed E-state index contributed by atoms with van der Waals surface area (Å²) in [6, 6.07) is 0.795. The summed E-state index contributed by atoms with van der Waals surface area (Å²) in [4.78, 5) is 2.89. The van der Waals surface area contributed by atoms with Gasteiger partial charge in [0.25, 0.3) is 0 Å². The van der Waals surface area contributed by atoms with Crippen LogP contribution in [0.25, 0.3) is 0 Å². The molecule has 2 heteroatoms. The van der Waals surface area contributed by atoms with Crippen LogP contribution >= 0.6 is 0 Å². The Balaban J connectivity index is 1.63. The molecule has 1 N–H and O–H groups in total. The predicted octanol–water partition coefficient (Wildman–Crippen LogP) is 3.81. The average Bonchev–Trinajstić information content (AvgIpc) is 2.38. The summed E-state index contributed by atoms with van der Waals surface area (Å²) in [6.07, 6.45) is 13.0. The second-order valence-electron chi connectivity index (χ2n) is 8.23. The van der Waals surface area contributed by atoms with Crippen LogP contribution in [-0.4, -0.2) is 36.1 Å². The molecule has 1 saturated heterocycles. The average molecular weight is 278 g/mol. The van der Waals surface area contributed by atoms with Crippen LogP contribution in [0.3, 0.4) is 0 Å². The van der Waals surface area contributed by atoms with Crippen molar-refractivity contribution in [1.82, 2.24) is 10.2 Å². The van der Waals surface area contributed by atoms with E-state index in [0.717, 1.165) is 17.9 Å². The smallest absolute Gasteiger partial charge is 0.0309 e. The highest BCUT2D eigenvalue weighted by Crippen LogP contribution is 2.35. The van der Waals surface area contributed by atoms with Crippen LogP contribution in [0.2, 0.25) is 0 Å². The highest BCUT2D eigenvalue weighted by molar-refractivity contribution is 5.00.